The Kier molecular flexibility index (Phi) is 8.17. The topological polar surface area (TPSA) is 133 Å². The van der Waals surface area contributed by atoms with E-state index in [0.717, 1.165) is 43.1 Å². The average Bonchev–Trinajstić information content (AvgIpc) is 3.51. The Balaban J connectivity index is 0.000000692. The third-order valence-corrected chi connectivity index (χ3v) is 6.21. The van der Waals surface area contributed by atoms with Gasteiger partial charge in [-0.25, -0.2) is 4.98 Å². The van der Waals surface area contributed by atoms with Crippen LogP contribution in [0.1, 0.15) is 49.0 Å². The van der Waals surface area contributed by atoms with E-state index < -0.39 is 5.91 Å². The summed E-state index contributed by atoms with van der Waals surface area (Å²) in [5.41, 5.74) is 8.44. The van der Waals surface area contributed by atoms with Crippen molar-refractivity contribution in [2.24, 2.45) is 11.7 Å². The lowest BCUT2D eigenvalue weighted by Crippen LogP contribution is -2.19. The summed E-state index contributed by atoms with van der Waals surface area (Å²) in [5, 5.41) is 10.2. The first-order valence-corrected chi connectivity index (χ1v) is 12.1. The van der Waals surface area contributed by atoms with Crippen LogP contribution in [0.4, 0.5) is 17.2 Å². The molecule has 190 valence electrons. The molecular formula is C26H32N6O4. The van der Waals surface area contributed by atoms with Crippen LogP contribution in [0.15, 0.2) is 42.9 Å². The number of carbonyl (C=O) groups is 2. The van der Waals surface area contributed by atoms with Crippen molar-refractivity contribution in [3.05, 3.63) is 48.4 Å². The number of ether oxygens (including phenoxy) is 2. The minimum absolute atomic E-state index is 0.182. The monoisotopic (exact) mass is 492 g/mol. The number of primary amides is 1. The molecule has 0 unspecified atom stereocenters. The first-order valence-electron chi connectivity index (χ1n) is 12.1. The summed E-state index contributed by atoms with van der Waals surface area (Å²) in [6.07, 6.45) is 10.5. The number of nitrogens with one attached hydrogen (secondary N) is 2. The van der Waals surface area contributed by atoms with E-state index in [1.807, 2.05) is 35.3 Å². The number of amides is 2. The standard InChI is InChI=1S/C22H24N6O4.C4H8/c1-31-21-16(14-10-26-28(12-14)15-5-7-32-8-6-15)3-2-4-18(21)27-19-9-20(25-13-29)24-11-17(19)22(23)30;1-4-2-3-4/h2-4,9-13,15H,5-8H2,1H3,(H2,23,30)(H2,24,25,27,29);4H,2-3H2,1H3. The van der Waals surface area contributed by atoms with Crippen molar-refractivity contribution in [1.29, 1.82) is 0 Å². The Morgan fingerprint density at radius 3 is 2.58 bits per heavy atom. The molecule has 3 heterocycles. The van der Waals surface area contributed by atoms with Gasteiger partial charge in [-0.3, -0.25) is 14.3 Å². The molecular weight excluding hydrogens is 460 g/mol. The lowest BCUT2D eigenvalue weighted by molar-refractivity contribution is -0.105. The number of pyridine rings is 1. The minimum atomic E-state index is -0.648. The van der Waals surface area contributed by atoms with Crippen LogP contribution in [-0.2, 0) is 9.53 Å². The van der Waals surface area contributed by atoms with Crippen molar-refractivity contribution in [3.63, 3.8) is 0 Å². The Morgan fingerprint density at radius 2 is 1.94 bits per heavy atom. The molecule has 4 N–H and O–H groups in total. The average molecular weight is 493 g/mol. The van der Waals surface area contributed by atoms with Gasteiger partial charge in [0.25, 0.3) is 5.91 Å². The van der Waals surface area contributed by atoms with E-state index in [9.17, 15) is 9.59 Å². The maximum atomic E-state index is 11.9. The number of carbonyl (C=O) groups excluding carboxylic acids is 2. The Morgan fingerprint density at radius 1 is 1.19 bits per heavy atom. The number of nitrogens with zero attached hydrogens (tertiary/aromatic N) is 3. The van der Waals surface area contributed by atoms with Crippen LogP contribution in [0, 0.1) is 5.92 Å². The second kappa shape index (κ2) is 11.7. The molecule has 3 aromatic rings. The number of hydrogen-bond donors (Lipinski definition) is 3. The molecule has 5 rings (SSSR count). The highest BCUT2D eigenvalue weighted by atomic mass is 16.5. The van der Waals surface area contributed by atoms with Crippen LogP contribution in [0.3, 0.4) is 0 Å². The smallest absolute Gasteiger partial charge is 0.252 e. The third kappa shape index (κ3) is 6.19. The zero-order chi connectivity index (χ0) is 25.5. The second-order valence-electron chi connectivity index (χ2n) is 8.99. The molecule has 1 aliphatic heterocycles. The van der Waals surface area contributed by atoms with E-state index in [0.29, 0.717) is 29.6 Å². The van der Waals surface area contributed by atoms with Crippen LogP contribution in [-0.4, -0.2) is 47.4 Å². The van der Waals surface area contributed by atoms with Crippen LogP contribution in [0.5, 0.6) is 5.75 Å². The van der Waals surface area contributed by atoms with Crippen LogP contribution < -0.4 is 21.1 Å². The maximum Gasteiger partial charge on any atom is 0.252 e. The van der Waals surface area contributed by atoms with E-state index in [-0.39, 0.29) is 11.4 Å². The molecule has 2 aromatic heterocycles. The van der Waals surface area contributed by atoms with Gasteiger partial charge in [-0.15, -0.1) is 0 Å². The first-order chi connectivity index (χ1) is 17.5. The highest BCUT2D eigenvalue weighted by Gasteiger charge is 2.19. The largest absolute Gasteiger partial charge is 0.494 e. The van der Waals surface area contributed by atoms with Gasteiger partial charge in [0.15, 0.2) is 0 Å². The number of benzene rings is 1. The van der Waals surface area contributed by atoms with Gasteiger partial charge in [0, 0.05) is 42.8 Å². The van der Waals surface area contributed by atoms with Crippen molar-refractivity contribution in [3.8, 4) is 16.9 Å². The van der Waals surface area contributed by atoms with Crippen molar-refractivity contribution >= 4 is 29.5 Å². The fourth-order valence-electron chi connectivity index (χ4n) is 3.92. The quantitative estimate of drug-likeness (QED) is 0.403. The molecule has 10 heteroatoms. The third-order valence-electron chi connectivity index (χ3n) is 6.21. The lowest BCUT2D eigenvalue weighted by Gasteiger charge is -2.22. The lowest BCUT2D eigenvalue weighted by atomic mass is 10.1. The second-order valence-corrected chi connectivity index (χ2v) is 8.99. The van der Waals surface area contributed by atoms with E-state index in [4.69, 9.17) is 15.2 Å². The fraction of sp³-hybridized carbons (Fsp3) is 0.385. The molecule has 1 aliphatic carbocycles. The van der Waals surface area contributed by atoms with Crippen LogP contribution >= 0.6 is 0 Å². The van der Waals surface area contributed by atoms with Crippen LogP contribution in [0.25, 0.3) is 11.1 Å². The summed E-state index contributed by atoms with van der Waals surface area (Å²) >= 11 is 0. The minimum Gasteiger partial charge on any atom is -0.494 e. The molecule has 2 fully saturated rings. The van der Waals surface area contributed by atoms with Crippen molar-refractivity contribution in [2.45, 2.75) is 38.6 Å². The number of anilines is 3. The van der Waals surface area contributed by atoms with Crippen molar-refractivity contribution in [1.82, 2.24) is 14.8 Å². The van der Waals surface area contributed by atoms with E-state index >= 15 is 0 Å². The Bertz CT molecular complexity index is 1200. The zero-order valence-corrected chi connectivity index (χ0v) is 20.6. The number of aromatic nitrogens is 3. The van der Waals surface area contributed by atoms with Gasteiger partial charge in [0.2, 0.25) is 6.41 Å². The maximum absolute atomic E-state index is 11.9. The number of rotatable bonds is 8. The van der Waals surface area contributed by atoms with Crippen molar-refractivity contribution < 1.29 is 19.1 Å². The highest BCUT2D eigenvalue weighted by molar-refractivity contribution is 6.00. The number of nitrogens with two attached hydrogens (primary N) is 1. The Hall–Kier alpha value is -3.92. The predicted molar refractivity (Wildman–Crippen MR) is 137 cm³/mol. The van der Waals surface area contributed by atoms with E-state index in [1.165, 1.54) is 25.1 Å². The summed E-state index contributed by atoms with van der Waals surface area (Å²) in [6, 6.07) is 7.48. The van der Waals surface area contributed by atoms with E-state index in [1.54, 1.807) is 7.11 Å². The summed E-state index contributed by atoms with van der Waals surface area (Å²) in [6.45, 7) is 3.75. The SMILES string of the molecule is CC1CC1.COc1c(Nc2cc(NC=O)ncc2C(N)=O)cccc1-c1cnn(C2CCOCC2)c1. The molecule has 0 bridgehead atoms. The summed E-state index contributed by atoms with van der Waals surface area (Å²) in [4.78, 5) is 26.7. The molecule has 1 aromatic carbocycles. The zero-order valence-electron chi connectivity index (χ0n) is 20.6. The van der Waals surface area contributed by atoms with Gasteiger partial charge in [-0.1, -0.05) is 31.9 Å². The summed E-state index contributed by atoms with van der Waals surface area (Å²) in [7, 11) is 1.58. The van der Waals surface area contributed by atoms with Gasteiger partial charge in [0.1, 0.15) is 11.6 Å². The number of methoxy groups -OCH3 is 1. The fourth-order valence-corrected chi connectivity index (χ4v) is 3.92. The van der Waals surface area contributed by atoms with Gasteiger partial charge >= 0.3 is 0 Å². The van der Waals surface area contributed by atoms with Gasteiger partial charge in [-0.05, 0) is 24.8 Å². The molecule has 1 saturated carbocycles. The molecule has 0 atom stereocenters. The highest BCUT2D eigenvalue weighted by Crippen LogP contribution is 2.39. The molecule has 1 saturated heterocycles. The molecule has 36 heavy (non-hydrogen) atoms. The number of hydrogen-bond acceptors (Lipinski definition) is 7. The Labute approximate surface area is 210 Å². The molecule has 0 spiro atoms. The van der Waals surface area contributed by atoms with Crippen LogP contribution in [0.2, 0.25) is 0 Å². The molecule has 2 aliphatic rings. The van der Waals surface area contributed by atoms with Gasteiger partial charge in [0.05, 0.1) is 36.3 Å². The first kappa shape index (κ1) is 25.2. The predicted octanol–water partition coefficient (Wildman–Crippen LogP) is 4.13. The normalized spacial score (nSPS) is 15.4. The summed E-state index contributed by atoms with van der Waals surface area (Å²) in [5.74, 6) is 1.29. The number of para-hydroxylation sites is 1. The molecule has 0 radical (unpaired) electrons. The van der Waals surface area contributed by atoms with Gasteiger partial charge in [-0.2, -0.15) is 5.10 Å². The van der Waals surface area contributed by atoms with E-state index in [2.05, 4.69) is 27.6 Å². The summed E-state index contributed by atoms with van der Waals surface area (Å²) < 4.78 is 13.1. The molecule has 10 nitrogen and oxygen atoms in total. The van der Waals surface area contributed by atoms with Crippen molar-refractivity contribution in [2.75, 3.05) is 31.0 Å². The van der Waals surface area contributed by atoms with Gasteiger partial charge < -0.3 is 25.8 Å². The molecule has 2 amide bonds.